The Morgan fingerprint density at radius 3 is 2.38 bits per heavy atom. The molecule has 10 heteroatoms. The summed E-state index contributed by atoms with van der Waals surface area (Å²) < 4.78 is 30.7. The van der Waals surface area contributed by atoms with Crippen LogP contribution in [0.2, 0.25) is 5.02 Å². The number of carbonyl (C=O) groups is 2. The number of nitrogens with one attached hydrogen (secondary N) is 1. The topological polar surface area (TPSA) is 107 Å². The van der Waals surface area contributed by atoms with Crippen LogP contribution in [0.15, 0.2) is 59.6 Å². The van der Waals surface area contributed by atoms with Gasteiger partial charge in [0, 0.05) is 18.5 Å². The van der Waals surface area contributed by atoms with Gasteiger partial charge in [0.1, 0.15) is 0 Å². The van der Waals surface area contributed by atoms with Crippen molar-refractivity contribution in [2.45, 2.75) is 68.7 Å². The van der Waals surface area contributed by atoms with Gasteiger partial charge in [-0.05, 0) is 54.2 Å². The highest BCUT2D eigenvalue weighted by Gasteiger charge is 2.28. The average Bonchev–Trinajstić information content (AvgIpc) is 3.61. The molecular formula is C30H36ClN3O5S. The van der Waals surface area contributed by atoms with E-state index >= 15 is 0 Å². The molecule has 4 rings (SSSR count). The highest BCUT2D eigenvalue weighted by atomic mass is 35.5. The van der Waals surface area contributed by atoms with Gasteiger partial charge in [0.05, 0.1) is 34.6 Å². The van der Waals surface area contributed by atoms with Crippen molar-refractivity contribution < 1.29 is 22.7 Å². The second-order valence-corrected chi connectivity index (χ2v) is 12.9. The first-order valence-electron chi connectivity index (χ1n) is 13.6. The van der Waals surface area contributed by atoms with Crippen LogP contribution in [0.3, 0.4) is 0 Å². The Kier molecular flexibility index (Phi) is 9.68. The number of benzene rings is 2. The maximum Gasteiger partial charge on any atom is 0.337 e. The summed E-state index contributed by atoms with van der Waals surface area (Å²) in [6, 6.07) is 13.8. The minimum absolute atomic E-state index is 0.0540. The van der Waals surface area contributed by atoms with Crippen LogP contribution in [0.1, 0.15) is 85.3 Å². The molecule has 2 unspecified atom stereocenters. The number of aromatic nitrogens is 2. The van der Waals surface area contributed by atoms with Gasteiger partial charge in [-0.3, -0.25) is 9.48 Å². The number of rotatable bonds is 11. The van der Waals surface area contributed by atoms with Gasteiger partial charge in [-0.2, -0.15) is 5.10 Å². The lowest BCUT2D eigenvalue weighted by Crippen LogP contribution is -2.24. The number of esters is 1. The predicted molar refractivity (Wildman–Crippen MR) is 156 cm³/mol. The van der Waals surface area contributed by atoms with Crippen LogP contribution in [0, 0.1) is 5.92 Å². The SMILES string of the molecule is CCCC(c1ccc(C(=O)OC)cc1)n1ccc(NC(=O)C(CC2CCCC2)c2ccc(S(C)(=O)=O)c(Cl)c2)n1. The summed E-state index contributed by atoms with van der Waals surface area (Å²) in [6.45, 7) is 2.09. The molecule has 0 bridgehead atoms. The van der Waals surface area contributed by atoms with E-state index < -0.39 is 15.8 Å². The molecular weight excluding hydrogens is 550 g/mol. The van der Waals surface area contributed by atoms with E-state index in [2.05, 4.69) is 17.3 Å². The Hall–Kier alpha value is -3.17. The van der Waals surface area contributed by atoms with Crippen LogP contribution in [0.5, 0.6) is 0 Å². The van der Waals surface area contributed by atoms with Gasteiger partial charge in [-0.1, -0.05) is 68.8 Å². The van der Waals surface area contributed by atoms with Gasteiger partial charge in [-0.25, -0.2) is 13.2 Å². The van der Waals surface area contributed by atoms with Gasteiger partial charge in [-0.15, -0.1) is 0 Å². The van der Waals surface area contributed by atoms with Crippen LogP contribution in [-0.2, 0) is 19.4 Å². The minimum Gasteiger partial charge on any atom is -0.465 e. The summed E-state index contributed by atoms with van der Waals surface area (Å²) in [5, 5.41) is 7.78. The van der Waals surface area contributed by atoms with Gasteiger partial charge in [0.2, 0.25) is 5.91 Å². The molecule has 1 N–H and O–H groups in total. The number of anilines is 1. The molecule has 0 radical (unpaired) electrons. The molecule has 1 fully saturated rings. The highest BCUT2D eigenvalue weighted by Crippen LogP contribution is 2.36. The molecule has 1 heterocycles. The van der Waals surface area contributed by atoms with E-state index in [1.165, 1.54) is 13.2 Å². The summed E-state index contributed by atoms with van der Waals surface area (Å²) in [6.07, 6.45) is 9.79. The molecule has 8 nitrogen and oxygen atoms in total. The first-order chi connectivity index (χ1) is 19.1. The smallest absolute Gasteiger partial charge is 0.337 e. The zero-order valence-corrected chi connectivity index (χ0v) is 24.7. The maximum absolute atomic E-state index is 13.6. The number of nitrogens with zero attached hydrogens (tertiary/aromatic N) is 2. The van der Waals surface area contributed by atoms with Crippen LogP contribution < -0.4 is 5.32 Å². The fraction of sp³-hybridized carbons (Fsp3) is 0.433. The van der Waals surface area contributed by atoms with Crippen molar-refractivity contribution in [1.29, 1.82) is 0 Å². The number of halogens is 1. The normalized spacial score (nSPS) is 15.5. The third-order valence-corrected chi connectivity index (χ3v) is 9.16. The van der Waals surface area contributed by atoms with E-state index in [1.54, 1.807) is 30.3 Å². The van der Waals surface area contributed by atoms with Crippen molar-refractivity contribution in [2.24, 2.45) is 5.92 Å². The van der Waals surface area contributed by atoms with Crippen LogP contribution in [-0.4, -0.2) is 43.4 Å². The maximum atomic E-state index is 13.6. The number of carbonyl (C=O) groups excluding carboxylic acids is 2. The Morgan fingerprint density at radius 2 is 1.77 bits per heavy atom. The Balaban J connectivity index is 1.56. The fourth-order valence-electron chi connectivity index (χ4n) is 5.48. The third kappa shape index (κ3) is 7.12. The molecule has 214 valence electrons. The summed E-state index contributed by atoms with van der Waals surface area (Å²) >= 11 is 6.35. The van der Waals surface area contributed by atoms with Gasteiger partial charge >= 0.3 is 5.97 Å². The van der Waals surface area contributed by atoms with Crippen molar-refractivity contribution in [1.82, 2.24) is 9.78 Å². The average molecular weight is 586 g/mol. The van der Waals surface area contributed by atoms with E-state index in [-0.39, 0.29) is 27.8 Å². The summed E-state index contributed by atoms with van der Waals surface area (Å²) in [5.74, 6) is -0.218. The predicted octanol–water partition coefficient (Wildman–Crippen LogP) is 6.42. The monoisotopic (exact) mass is 585 g/mol. The molecule has 0 saturated heterocycles. The number of methoxy groups -OCH3 is 1. The first-order valence-corrected chi connectivity index (χ1v) is 15.9. The molecule has 0 aliphatic heterocycles. The number of hydrogen-bond acceptors (Lipinski definition) is 6. The number of ether oxygens (including phenoxy) is 1. The van der Waals surface area contributed by atoms with E-state index in [4.69, 9.17) is 16.3 Å². The molecule has 0 spiro atoms. The highest BCUT2D eigenvalue weighted by molar-refractivity contribution is 7.90. The molecule has 1 aromatic heterocycles. The number of amides is 1. The molecule has 40 heavy (non-hydrogen) atoms. The zero-order chi connectivity index (χ0) is 28.9. The largest absolute Gasteiger partial charge is 0.465 e. The van der Waals surface area contributed by atoms with Crippen LogP contribution >= 0.6 is 11.6 Å². The van der Waals surface area contributed by atoms with Gasteiger partial charge in [0.25, 0.3) is 0 Å². The van der Waals surface area contributed by atoms with E-state index in [0.717, 1.165) is 50.3 Å². The third-order valence-electron chi connectivity index (χ3n) is 7.58. The van der Waals surface area contributed by atoms with Crippen molar-refractivity contribution in [3.63, 3.8) is 0 Å². The quantitative estimate of drug-likeness (QED) is 0.260. The number of sulfone groups is 1. The zero-order valence-electron chi connectivity index (χ0n) is 23.1. The van der Waals surface area contributed by atoms with E-state index in [1.807, 2.05) is 23.0 Å². The Bertz CT molecular complexity index is 1450. The minimum atomic E-state index is -3.48. The Labute approximate surface area is 241 Å². The van der Waals surface area contributed by atoms with Crippen molar-refractivity contribution in [3.05, 3.63) is 76.4 Å². The first kappa shape index (κ1) is 29.8. The van der Waals surface area contributed by atoms with E-state index in [0.29, 0.717) is 29.3 Å². The summed E-state index contributed by atoms with van der Waals surface area (Å²) in [4.78, 5) is 25.5. The lowest BCUT2D eigenvalue weighted by Gasteiger charge is -2.21. The lowest BCUT2D eigenvalue weighted by molar-refractivity contribution is -0.118. The van der Waals surface area contributed by atoms with Crippen molar-refractivity contribution in [3.8, 4) is 0 Å². The van der Waals surface area contributed by atoms with Gasteiger partial charge < -0.3 is 10.1 Å². The number of hydrogen-bond donors (Lipinski definition) is 1. The van der Waals surface area contributed by atoms with E-state index in [9.17, 15) is 18.0 Å². The van der Waals surface area contributed by atoms with Crippen molar-refractivity contribution >= 4 is 39.1 Å². The second kappa shape index (κ2) is 13.0. The second-order valence-electron chi connectivity index (χ2n) is 10.5. The lowest BCUT2D eigenvalue weighted by atomic mass is 9.87. The summed E-state index contributed by atoms with van der Waals surface area (Å²) in [5.41, 5.74) is 2.17. The van der Waals surface area contributed by atoms with Crippen molar-refractivity contribution in [2.75, 3.05) is 18.7 Å². The van der Waals surface area contributed by atoms with Crippen LogP contribution in [0.4, 0.5) is 5.82 Å². The molecule has 1 aliphatic carbocycles. The fourth-order valence-corrected chi connectivity index (χ4v) is 6.82. The van der Waals surface area contributed by atoms with Crippen LogP contribution in [0.25, 0.3) is 0 Å². The standard InChI is InChI=1S/C30H36ClN3O5S/c1-4-7-26(21-10-12-22(13-11-21)30(36)39-2)34-17-16-28(33-34)32-29(35)24(18-20-8-5-6-9-20)23-14-15-27(25(31)19-23)40(3,37)38/h10-17,19-20,24,26H,4-9,18H2,1-3H3,(H,32,33,35). The molecule has 1 saturated carbocycles. The molecule has 3 aromatic rings. The molecule has 1 amide bonds. The molecule has 1 aliphatic rings. The Morgan fingerprint density at radius 1 is 1.10 bits per heavy atom. The van der Waals surface area contributed by atoms with Gasteiger partial charge in [0.15, 0.2) is 15.7 Å². The molecule has 2 atom stereocenters. The summed E-state index contributed by atoms with van der Waals surface area (Å²) in [7, 11) is -2.12. The molecule has 2 aromatic carbocycles.